The molecule has 3 aromatic rings. The second-order valence-corrected chi connectivity index (χ2v) is 11.7. The minimum absolute atomic E-state index is 0.0850. The standard InChI is InChI=1S/C28H32BrN3O4S/c1-5-30-28(34)22(4)31(18-23-7-6-8-24(29)17-23)27(33)19-32(25-13-9-20(2)10-14-25)37(35,36)26-15-11-21(3)12-16-26/h6-17,22H,5,18-19H2,1-4H3,(H,30,34). The zero-order chi connectivity index (χ0) is 27.2. The molecule has 7 nitrogen and oxygen atoms in total. The van der Waals surface area contributed by atoms with Crippen molar-refractivity contribution in [3.05, 3.63) is 94.0 Å². The van der Waals surface area contributed by atoms with E-state index in [4.69, 9.17) is 0 Å². The topological polar surface area (TPSA) is 86.8 Å². The SMILES string of the molecule is CCNC(=O)C(C)N(Cc1cccc(Br)c1)C(=O)CN(c1ccc(C)cc1)S(=O)(=O)c1ccc(C)cc1. The molecular weight excluding hydrogens is 554 g/mol. The quantitative estimate of drug-likeness (QED) is 0.370. The van der Waals surface area contributed by atoms with Crippen molar-refractivity contribution in [2.24, 2.45) is 0 Å². The van der Waals surface area contributed by atoms with Crippen molar-refractivity contribution in [1.82, 2.24) is 10.2 Å². The predicted octanol–water partition coefficient (Wildman–Crippen LogP) is 4.81. The minimum atomic E-state index is -4.07. The number of anilines is 1. The maximum Gasteiger partial charge on any atom is 0.264 e. The Bertz CT molecular complexity index is 1340. The molecule has 1 unspecified atom stereocenters. The Balaban J connectivity index is 2.02. The summed E-state index contributed by atoms with van der Waals surface area (Å²) in [7, 11) is -4.07. The van der Waals surface area contributed by atoms with E-state index in [1.54, 1.807) is 50.2 Å². The molecule has 0 heterocycles. The van der Waals surface area contributed by atoms with Crippen LogP contribution in [-0.2, 0) is 26.2 Å². The second kappa shape index (κ2) is 12.4. The number of benzene rings is 3. The van der Waals surface area contributed by atoms with E-state index in [-0.39, 0.29) is 17.3 Å². The zero-order valence-electron chi connectivity index (χ0n) is 21.4. The Hall–Kier alpha value is -3.17. The number of carbonyl (C=O) groups excluding carboxylic acids is 2. The monoisotopic (exact) mass is 585 g/mol. The van der Waals surface area contributed by atoms with Crippen molar-refractivity contribution in [1.29, 1.82) is 0 Å². The van der Waals surface area contributed by atoms with E-state index < -0.39 is 28.5 Å². The molecule has 0 radical (unpaired) electrons. The van der Waals surface area contributed by atoms with E-state index in [0.717, 1.165) is 25.5 Å². The summed E-state index contributed by atoms with van der Waals surface area (Å²) < 4.78 is 29.5. The molecule has 0 saturated carbocycles. The van der Waals surface area contributed by atoms with Gasteiger partial charge in [0.1, 0.15) is 12.6 Å². The first kappa shape index (κ1) is 28.4. The fourth-order valence-corrected chi connectivity index (χ4v) is 5.67. The maximum absolute atomic E-state index is 13.8. The lowest BCUT2D eigenvalue weighted by molar-refractivity contribution is -0.139. The Morgan fingerprint density at radius 3 is 2.11 bits per heavy atom. The van der Waals surface area contributed by atoms with Gasteiger partial charge in [0.05, 0.1) is 10.6 Å². The number of nitrogens with zero attached hydrogens (tertiary/aromatic N) is 2. The first-order chi connectivity index (χ1) is 17.5. The van der Waals surface area contributed by atoms with Gasteiger partial charge in [0.2, 0.25) is 11.8 Å². The molecule has 0 bridgehead atoms. The van der Waals surface area contributed by atoms with Crippen LogP contribution in [-0.4, -0.2) is 44.3 Å². The molecule has 0 fully saturated rings. The number of nitrogens with one attached hydrogen (secondary N) is 1. The smallest absolute Gasteiger partial charge is 0.264 e. The van der Waals surface area contributed by atoms with Gasteiger partial charge in [-0.25, -0.2) is 8.42 Å². The Labute approximate surface area is 227 Å². The fourth-order valence-electron chi connectivity index (χ4n) is 3.81. The molecule has 0 spiro atoms. The molecule has 2 amide bonds. The van der Waals surface area contributed by atoms with Crippen LogP contribution in [0.4, 0.5) is 5.69 Å². The largest absolute Gasteiger partial charge is 0.355 e. The highest BCUT2D eigenvalue weighted by Gasteiger charge is 2.32. The van der Waals surface area contributed by atoms with Gasteiger partial charge in [0.15, 0.2) is 0 Å². The molecule has 196 valence electrons. The third kappa shape index (κ3) is 7.20. The maximum atomic E-state index is 13.8. The molecule has 37 heavy (non-hydrogen) atoms. The molecule has 3 rings (SSSR count). The van der Waals surface area contributed by atoms with Crippen LogP contribution in [0.15, 0.2) is 82.2 Å². The minimum Gasteiger partial charge on any atom is -0.355 e. The van der Waals surface area contributed by atoms with Crippen LogP contribution in [0.2, 0.25) is 0 Å². The molecule has 9 heteroatoms. The predicted molar refractivity (Wildman–Crippen MR) is 150 cm³/mol. The third-order valence-corrected chi connectivity index (χ3v) is 8.25. The van der Waals surface area contributed by atoms with Crippen LogP contribution in [0.3, 0.4) is 0 Å². The Kier molecular flexibility index (Phi) is 9.50. The van der Waals surface area contributed by atoms with Gasteiger partial charge in [-0.15, -0.1) is 0 Å². The number of hydrogen-bond acceptors (Lipinski definition) is 4. The summed E-state index contributed by atoms with van der Waals surface area (Å²) in [6.07, 6.45) is 0. The van der Waals surface area contributed by atoms with Gasteiger partial charge in [-0.3, -0.25) is 13.9 Å². The molecule has 0 saturated heterocycles. The Morgan fingerprint density at radius 2 is 1.54 bits per heavy atom. The summed E-state index contributed by atoms with van der Waals surface area (Å²) in [4.78, 5) is 28.0. The van der Waals surface area contributed by atoms with Gasteiger partial charge >= 0.3 is 0 Å². The van der Waals surface area contributed by atoms with Crippen LogP contribution in [0.25, 0.3) is 0 Å². The van der Waals surface area contributed by atoms with E-state index >= 15 is 0 Å². The van der Waals surface area contributed by atoms with Crippen molar-refractivity contribution in [3.63, 3.8) is 0 Å². The number of aryl methyl sites for hydroxylation is 2. The number of sulfonamides is 1. The summed E-state index contributed by atoms with van der Waals surface area (Å²) in [6, 6.07) is 20.1. The van der Waals surface area contributed by atoms with Gasteiger partial charge in [-0.1, -0.05) is 63.5 Å². The van der Waals surface area contributed by atoms with Gasteiger partial charge in [0, 0.05) is 17.6 Å². The van der Waals surface area contributed by atoms with Crippen LogP contribution in [0.1, 0.15) is 30.5 Å². The van der Waals surface area contributed by atoms with Crippen LogP contribution < -0.4 is 9.62 Å². The van der Waals surface area contributed by atoms with Crippen molar-refractivity contribution in [3.8, 4) is 0 Å². The zero-order valence-corrected chi connectivity index (χ0v) is 23.8. The molecule has 0 aliphatic carbocycles. The number of amides is 2. The van der Waals surface area contributed by atoms with Crippen LogP contribution in [0.5, 0.6) is 0 Å². The normalized spacial score (nSPS) is 12.0. The summed E-state index contributed by atoms with van der Waals surface area (Å²) in [5.41, 5.74) is 3.06. The molecule has 1 atom stereocenters. The number of rotatable bonds is 10. The lowest BCUT2D eigenvalue weighted by Crippen LogP contribution is -2.51. The average molecular weight is 587 g/mol. The molecule has 0 aliphatic rings. The lowest BCUT2D eigenvalue weighted by Gasteiger charge is -2.32. The van der Waals surface area contributed by atoms with E-state index in [0.29, 0.717) is 12.2 Å². The number of hydrogen-bond donors (Lipinski definition) is 1. The summed E-state index contributed by atoms with van der Waals surface area (Å²) >= 11 is 3.44. The van der Waals surface area contributed by atoms with Crippen molar-refractivity contribution in [2.75, 3.05) is 17.4 Å². The number of carbonyl (C=O) groups is 2. The summed E-state index contributed by atoms with van der Waals surface area (Å²) in [6.45, 7) is 7.32. The second-order valence-electron chi connectivity index (χ2n) is 8.88. The first-order valence-corrected chi connectivity index (χ1v) is 14.2. The highest BCUT2D eigenvalue weighted by molar-refractivity contribution is 9.10. The van der Waals surface area contributed by atoms with Gasteiger partial charge < -0.3 is 10.2 Å². The van der Waals surface area contributed by atoms with Crippen LogP contribution in [0, 0.1) is 13.8 Å². The van der Waals surface area contributed by atoms with Crippen molar-refractivity contribution >= 4 is 43.5 Å². The number of halogens is 1. The third-order valence-electron chi connectivity index (χ3n) is 5.97. The number of likely N-dealkylation sites (N-methyl/N-ethyl adjacent to an activating group) is 1. The van der Waals surface area contributed by atoms with Crippen LogP contribution >= 0.6 is 15.9 Å². The van der Waals surface area contributed by atoms with Gasteiger partial charge in [0.25, 0.3) is 10.0 Å². The molecule has 0 aliphatic heterocycles. The highest BCUT2D eigenvalue weighted by atomic mass is 79.9. The first-order valence-electron chi connectivity index (χ1n) is 12.0. The van der Waals surface area contributed by atoms with Crippen molar-refractivity contribution in [2.45, 2.75) is 45.2 Å². The molecular formula is C28H32BrN3O4S. The van der Waals surface area contributed by atoms with E-state index in [2.05, 4.69) is 21.2 Å². The van der Waals surface area contributed by atoms with Gasteiger partial charge in [-0.05, 0) is 69.7 Å². The fraction of sp³-hybridized carbons (Fsp3) is 0.286. The molecule has 0 aromatic heterocycles. The van der Waals surface area contributed by atoms with Crippen molar-refractivity contribution < 1.29 is 18.0 Å². The molecule has 1 N–H and O–H groups in total. The highest BCUT2D eigenvalue weighted by Crippen LogP contribution is 2.25. The molecule has 3 aromatic carbocycles. The van der Waals surface area contributed by atoms with E-state index in [1.807, 2.05) is 38.1 Å². The van der Waals surface area contributed by atoms with E-state index in [1.165, 1.54) is 17.0 Å². The average Bonchev–Trinajstić information content (AvgIpc) is 2.86. The summed E-state index contributed by atoms with van der Waals surface area (Å²) in [5.74, 6) is -0.802. The summed E-state index contributed by atoms with van der Waals surface area (Å²) in [5, 5.41) is 2.76. The van der Waals surface area contributed by atoms with E-state index in [9.17, 15) is 18.0 Å². The lowest BCUT2D eigenvalue weighted by atomic mass is 10.1. The Morgan fingerprint density at radius 1 is 0.946 bits per heavy atom. The van der Waals surface area contributed by atoms with Gasteiger partial charge in [-0.2, -0.15) is 0 Å².